The summed E-state index contributed by atoms with van der Waals surface area (Å²) in [5.41, 5.74) is 0.432. The van der Waals surface area contributed by atoms with Gasteiger partial charge in [0.15, 0.2) is 0 Å². The van der Waals surface area contributed by atoms with Crippen LogP contribution in [-0.2, 0) is 4.79 Å². The van der Waals surface area contributed by atoms with Gasteiger partial charge in [0.25, 0.3) is 0 Å². The lowest BCUT2D eigenvalue weighted by Gasteiger charge is -2.25. The first-order chi connectivity index (χ1) is 10.2. The number of aromatic nitrogens is 1. The first kappa shape index (κ1) is 16.5. The number of likely N-dealkylation sites (tertiary alicyclic amines) is 1. The van der Waals surface area contributed by atoms with Gasteiger partial charge in [0.05, 0.1) is 30.8 Å². The van der Waals surface area contributed by atoms with Gasteiger partial charge in [0.2, 0.25) is 11.8 Å². The van der Waals surface area contributed by atoms with E-state index in [2.05, 4.69) is 4.98 Å². The van der Waals surface area contributed by atoms with Crippen LogP contribution in [0.1, 0.15) is 0 Å². The molecule has 2 heterocycles. The number of ether oxygens (including phenoxy) is 1. The van der Waals surface area contributed by atoms with Crippen molar-refractivity contribution < 1.29 is 22.7 Å². The highest BCUT2D eigenvalue weighted by atomic mass is 19.4. The smallest absolute Gasteiger partial charge is 0.393 e. The molecule has 1 aliphatic heterocycles. The summed E-state index contributed by atoms with van der Waals surface area (Å²) in [5.74, 6) is -2.92. The average molecular weight is 317 g/mol. The van der Waals surface area contributed by atoms with Gasteiger partial charge in [-0.15, -0.1) is 0 Å². The van der Waals surface area contributed by atoms with Crippen LogP contribution in [0.25, 0.3) is 0 Å². The van der Waals surface area contributed by atoms with E-state index in [0.29, 0.717) is 11.6 Å². The van der Waals surface area contributed by atoms with Crippen molar-refractivity contribution in [3.63, 3.8) is 0 Å². The molecule has 1 aliphatic rings. The quantitative estimate of drug-likeness (QED) is 0.853. The molecule has 1 fully saturated rings. The van der Waals surface area contributed by atoms with Crippen molar-refractivity contribution in [2.75, 3.05) is 39.2 Å². The number of pyridine rings is 1. The van der Waals surface area contributed by atoms with E-state index < -0.39 is 23.9 Å². The van der Waals surface area contributed by atoms with Gasteiger partial charge in [0, 0.05) is 26.2 Å². The van der Waals surface area contributed by atoms with Gasteiger partial charge in [-0.3, -0.25) is 4.79 Å². The van der Waals surface area contributed by atoms with Crippen LogP contribution >= 0.6 is 0 Å². The maximum Gasteiger partial charge on any atom is 0.393 e. The molecule has 0 spiro atoms. The summed E-state index contributed by atoms with van der Waals surface area (Å²) in [6, 6.07) is 3.14. The van der Waals surface area contributed by atoms with Crippen LogP contribution in [0.2, 0.25) is 0 Å². The highest BCUT2D eigenvalue weighted by molar-refractivity contribution is 5.95. The zero-order valence-electron chi connectivity index (χ0n) is 12.6. The van der Waals surface area contributed by atoms with Crippen molar-refractivity contribution in [3.8, 4) is 5.88 Å². The van der Waals surface area contributed by atoms with Crippen LogP contribution in [-0.4, -0.2) is 56.3 Å². The lowest BCUT2D eigenvalue weighted by atomic mass is 9.94. The fraction of sp³-hybridized carbons (Fsp3) is 0.571. The molecule has 0 unspecified atom stereocenters. The van der Waals surface area contributed by atoms with E-state index in [1.165, 1.54) is 30.2 Å². The molecular weight excluding hydrogens is 299 g/mol. The first-order valence-corrected chi connectivity index (χ1v) is 6.77. The van der Waals surface area contributed by atoms with Crippen LogP contribution in [0.3, 0.4) is 0 Å². The monoisotopic (exact) mass is 317 g/mol. The van der Waals surface area contributed by atoms with E-state index in [0.717, 1.165) is 0 Å². The Morgan fingerprint density at radius 2 is 2.09 bits per heavy atom. The first-order valence-electron chi connectivity index (χ1n) is 6.77. The summed E-state index contributed by atoms with van der Waals surface area (Å²) in [6.45, 7) is -0.0639. The number of hydrogen-bond donors (Lipinski definition) is 0. The van der Waals surface area contributed by atoms with Crippen molar-refractivity contribution in [2.45, 2.75) is 6.18 Å². The van der Waals surface area contributed by atoms with E-state index in [1.54, 1.807) is 19.2 Å². The van der Waals surface area contributed by atoms with E-state index in [4.69, 9.17) is 4.74 Å². The molecule has 2 rings (SSSR count). The lowest BCUT2D eigenvalue weighted by Crippen LogP contribution is -2.41. The van der Waals surface area contributed by atoms with Crippen molar-refractivity contribution in [3.05, 3.63) is 18.3 Å². The number of carbonyl (C=O) groups excluding carboxylic acids is 1. The van der Waals surface area contributed by atoms with Crippen LogP contribution in [0.4, 0.5) is 18.9 Å². The van der Waals surface area contributed by atoms with E-state index in [9.17, 15) is 18.0 Å². The molecule has 0 aliphatic carbocycles. The maximum absolute atomic E-state index is 13.1. The van der Waals surface area contributed by atoms with Crippen LogP contribution in [0.5, 0.6) is 5.88 Å². The molecule has 122 valence electrons. The summed E-state index contributed by atoms with van der Waals surface area (Å²) >= 11 is 0. The molecule has 8 heteroatoms. The molecule has 5 nitrogen and oxygen atoms in total. The van der Waals surface area contributed by atoms with Crippen LogP contribution in [0, 0.1) is 11.8 Å². The lowest BCUT2D eigenvalue weighted by molar-refractivity contribution is -0.182. The molecule has 0 N–H and O–H groups in total. The number of rotatable bonds is 3. The molecule has 0 aromatic carbocycles. The molecule has 1 saturated heterocycles. The zero-order valence-corrected chi connectivity index (χ0v) is 12.6. The van der Waals surface area contributed by atoms with Crippen molar-refractivity contribution in [1.82, 2.24) is 9.88 Å². The Hall–Kier alpha value is -1.83. The van der Waals surface area contributed by atoms with Crippen molar-refractivity contribution >= 4 is 11.6 Å². The number of hydrogen-bond acceptors (Lipinski definition) is 4. The summed E-state index contributed by atoms with van der Waals surface area (Å²) in [4.78, 5) is 19.2. The molecule has 2 atom stereocenters. The SMILES string of the molecule is COc1ccc(N(C)C(=O)[C@@H]2CN(C)C[C@H]2C(F)(F)F)cn1. The highest BCUT2D eigenvalue weighted by Crippen LogP contribution is 2.38. The molecule has 0 radical (unpaired) electrons. The predicted molar refractivity (Wildman–Crippen MR) is 74.7 cm³/mol. The number of halogens is 3. The fourth-order valence-electron chi connectivity index (χ4n) is 2.65. The Morgan fingerprint density at radius 1 is 1.41 bits per heavy atom. The Kier molecular flexibility index (Phi) is 4.60. The molecule has 1 amide bonds. The van der Waals surface area contributed by atoms with Gasteiger partial charge in [-0.1, -0.05) is 0 Å². The molecule has 1 aromatic heterocycles. The number of carbonyl (C=O) groups is 1. The Morgan fingerprint density at radius 3 is 2.59 bits per heavy atom. The second-order valence-corrected chi connectivity index (χ2v) is 5.43. The highest BCUT2D eigenvalue weighted by Gasteiger charge is 2.52. The van der Waals surface area contributed by atoms with Gasteiger partial charge in [-0.2, -0.15) is 13.2 Å². The minimum absolute atomic E-state index is 0.0942. The Balaban J connectivity index is 2.18. The van der Waals surface area contributed by atoms with Gasteiger partial charge in [0.1, 0.15) is 0 Å². The summed E-state index contributed by atoms with van der Waals surface area (Å²) in [7, 11) is 4.50. The standard InChI is InChI=1S/C14H18F3N3O2/c1-19-7-10(11(8-19)14(15,16)17)13(21)20(2)9-4-5-12(22-3)18-6-9/h4-6,10-11H,7-8H2,1-3H3/t10-,11-/m1/s1. The van der Waals surface area contributed by atoms with E-state index >= 15 is 0 Å². The van der Waals surface area contributed by atoms with Crippen LogP contribution < -0.4 is 9.64 Å². The minimum atomic E-state index is -4.38. The number of alkyl halides is 3. The molecule has 0 bridgehead atoms. The van der Waals surface area contributed by atoms with Gasteiger partial charge < -0.3 is 14.5 Å². The third kappa shape index (κ3) is 3.32. The molecule has 0 saturated carbocycles. The maximum atomic E-state index is 13.1. The third-order valence-corrected chi connectivity index (χ3v) is 3.89. The average Bonchev–Trinajstić information content (AvgIpc) is 2.88. The van der Waals surface area contributed by atoms with E-state index in [-0.39, 0.29) is 13.1 Å². The van der Waals surface area contributed by atoms with Gasteiger partial charge in [-0.05, 0) is 13.1 Å². The fourth-order valence-corrected chi connectivity index (χ4v) is 2.65. The van der Waals surface area contributed by atoms with Crippen molar-refractivity contribution in [1.29, 1.82) is 0 Å². The van der Waals surface area contributed by atoms with Gasteiger partial charge >= 0.3 is 6.18 Å². The normalized spacial score (nSPS) is 22.6. The van der Waals surface area contributed by atoms with E-state index in [1.807, 2.05) is 0 Å². The minimum Gasteiger partial charge on any atom is -0.481 e. The van der Waals surface area contributed by atoms with Gasteiger partial charge in [-0.25, -0.2) is 4.98 Å². The third-order valence-electron chi connectivity index (χ3n) is 3.89. The summed E-state index contributed by atoms with van der Waals surface area (Å²) in [5, 5.41) is 0. The molecular formula is C14H18F3N3O2. The summed E-state index contributed by atoms with van der Waals surface area (Å²) < 4.78 is 44.2. The number of anilines is 1. The Labute approximate surface area is 126 Å². The topological polar surface area (TPSA) is 45.7 Å². The number of amides is 1. The second kappa shape index (κ2) is 6.12. The largest absolute Gasteiger partial charge is 0.481 e. The summed E-state index contributed by atoms with van der Waals surface area (Å²) in [6.07, 6.45) is -2.98. The second-order valence-electron chi connectivity index (χ2n) is 5.43. The predicted octanol–water partition coefficient (Wildman–Crippen LogP) is 1.79. The zero-order chi connectivity index (χ0) is 16.5. The van der Waals surface area contributed by atoms with Crippen molar-refractivity contribution in [2.24, 2.45) is 11.8 Å². The Bertz CT molecular complexity index is 533. The number of nitrogens with zero attached hydrogens (tertiary/aromatic N) is 3. The molecule has 22 heavy (non-hydrogen) atoms. The molecule has 1 aromatic rings. The van der Waals surface area contributed by atoms with Crippen LogP contribution in [0.15, 0.2) is 18.3 Å². The number of methoxy groups -OCH3 is 1.